The van der Waals surface area contributed by atoms with E-state index in [2.05, 4.69) is 0 Å². The maximum absolute atomic E-state index is 12.0. The van der Waals surface area contributed by atoms with Gasteiger partial charge in [-0.3, -0.25) is 9.09 Å². The molecule has 0 aliphatic rings. The summed E-state index contributed by atoms with van der Waals surface area (Å²) >= 11 is 0. The summed E-state index contributed by atoms with van der Waals surface area (Å²) in [5.74, 6) is 0. The molecule has 1 heterocycles. The first-order chi connectivity index (χ1) is 8.16. The van der Waals surface area contributed by atoms with Crippen LogP contribution in [0, 0.1) is 0 Å². The smallest absolute Gasteiger partial charge is 0.245 e. The van der Waals surface area contributed by atoms with Crippen LogP contribution in [0.1, 0.15) is 13.2 Å². The molecular weight excluding hydrogens is 235 g/mol. The van der Waals surface area contributed by atoms with Gasteiger partial charge < -0.3 is 0 Å². The standard InChI is InChI=1S/C12H16N2O2P/c1-11(14-9-8-13(2)10-14)16-17(15)12-6-4-3-5-7-12/h3-11,17H,1-2H3/q+1. The molecule has 5 heteroatoms. The SMILES string of the molecule is CC(O[PH](=O)c1ccccc1)[n+]1ccn(C)c1. The van der Waals surface area contributed by atoms with Crippen LogP contribution in [0.15, 0.2) is 49.1 Å². The van der Waals surface area contributed by atoms with Crippen LogP contribution in [-0.4, -0.2) is 4.57 Å². The van der Waals surface area contributed by atoms with Crippen LogP contribution in [0.2, 0.25) is 0 Å². The molecule has 1 aromatic heterocycles. The first-order valence-corrected chi connectivity index (χ1v) is 6.77. The molecule has 2 atom stereocenters. The molecule has 17 heavy (non-hydrogen) atoms. The van der Waals surface area contributed by atoms with Crippen LogP contribution in [0.4, 0.5) is 0 Å². The van der Waals surface area contributed by atoms with E-state index < -0.39 is 8.03 Å². The molecule has 0 bridgehead atoms. The van der Waals surface area contributed by atoms with Crippen molar-refractivity contribution in [2.24, 2.45) is 7.05 Å². The molecule has 2 unspecified atom stereocenters. The largest absolute Gasteiger partial charge is 0.291 e. The Morgan fingerprint density at radius 3 is 2.65 bits per heavy atom. The van der Waals surface area contributed by atoms with Crippen molar-refractivity contribution in [2.75, 3.05) is 0 Å². The highest BCUT2D eigenvalue weighted by Gasteiger charge is 2.14. The van der Waals surface area contributed by atoms with E-state index in [1.807, 2.05) is 72.2 Å². The lowest BCUT2D eigenvalue weighted by Gasteiger charge is -2.09. The number of benzene rings is 1. The van der Waals surface area contributed by atoms with Gasteiger partial charge in [-0.15, -0.1) is 0 Å². The van der Waals surface area contributed by atoms with Crippen LogP contribution in [-0.2, 0) is 16.1 Å². The average molecular weight is 251 g/mol. The summed E-state index contributed by atoms with van der Waals surface area (Å²) in [6.07, 6.45) is 5.47. The van der Waals surface area contributed by atoms with E-state index in [1.165, 1.54) is 0 Å². The number of aromatic nitrogens is 2. The molecule has 1 aromatic carbocycles. The summed E-state index contributed by atoms with van der Waals surface area (Å²) in [4.78, 5) is 0. The van der Waals surface area contributed by atoms with Crippen molar-refractivity contribution >= 4 is 13.3 Å². The maximum atomic E-state index is 12.0. The van der Waals surface area contributed by atoms with Gasteiger partial charge in [-0.25, -0.2) is 9.13 Å². The Labute approximate surface area is 101 Å². The van der Waals surface area contributed by atoms with E-state index in [1.54, 1.807) is 0 Å². The molecule has 2 rings (SSSR count). The first kappa shape index (κ1) is 12.1. The zero-order valence-corrected chi connectivity index (χ0v) is 10.9. The Morgan fingerprint density at radius 1 is 1.35 bits per heavy atom. The monoisotopic (exact) mass is 251 g/mol. The van der Waals surface area contributed by atoms with E-state index in [0.717, 1.165) is 5.30 Å². The van der Waals surface area contributed by atoms with Crippen molar-refractivity contribution in [3.05, 3.63) is 49.1 Å². The maximum Gasteiger partial charge on any atom is 0.245 e. The fourth-order valence-electron chi connectivity index (χ4n) is 1.54. The number of nitrogens with zero attached hydrogens (tertiary/aromatic N) is 2. The van der Waals surface area contributed by atoms with Crippen molar-refractivity contribution in [3.63, 3.8) is 0 Å². The van der Waals surface area contributed by atoms with Crippen molar-refractivity contribution in [1.29, 1.82) is 0 Å². The highest BCUT2D eigenvalue weighted by atomic mass is 31.1. The third-order valence-corrected chi connectivity index (χ3v) is 3.86. The van der Waals surface area contributed by atoms with Gasteiger partial charge in [0.1, 0.15) is 12.4 Å². The van der Waals surface area contributed by atoms with Gasteiger partial charge in [-0.2, -0.15) is 0 Å². The van der Waals surface area contributed by atoms with Crippen LogP contribution in [0.3, 0.4) is 0 Å². The molecule has 0 radical (unpaired) electrons. The number of hydrogen-bond donors (Lipinski definition) is 0. The minimum Gasteiger partial charge on any atom is -0.291 e. The van der Waals surface area contributed by atoms with E-state index in [0.29, 0.717) is 0 Å². The molecule has 0 N–H and O–H groups in total. The van der Waals surface area contributed by atoms with Gasteiger partial charge in [0, 0.05) is 12.2 Å². The molecule has 4 nitrogen and oxygen atoms in total. The molecule has 2 aromatic rings. The second-order valence-electron chi connectivity index (χ2n) is 3.90. The topological polar surface area (TPSA) is 35.1 Å². The van der Waals surface area contributed by atoms with E-state index >= 15 is 0 Å². The van der Waals surface area contributed by atoms with Crippen molar-refractivity contribution in [3.8, 4) is 0 Å². The highest BCUT2D eigenvalue weighted by molar-refractivity contribution is 7.48. The first-order valence-electron chi connectivity index (χ1n) is 5.45. The van der Waals surface area contributed by atoms with Gasteiger partial charge in [0.15, 0.2) is 0 Å². The third-order valence-electron chi connectivity index (χ3n) is 2.50. The van der Waals surface area contributed by atoms with Crippen LogP contribution >= 0.6 is 8.03 Å². The van der Waals surface area contributed by atoms with Gasteiger partial charge in [0.25, 0.3) is 0 Å². The number of rotatable bonds is 4. The van der Waals surface area contributed by atoms with Crippen LogP contribution in [0.5, 0.6) is 0 Å². The van der Waals surface area contributed by atoms with Gasteiger partial charge in [-0.05, 0) is 12.1 Å². The summed E-state index contributed by atoms with van der Waals surface area (Å²) in [5, 5.41) is 0.751. The molecular formula is C12H16N2O2P+. The summed E-state index contributed by atoms with van der Waals surface area (Å²) in [6, 6.07) is 9.27. The van der Waals surface area contributed by atoms with Crippen molar-refractivity contribution in [1.82, 2.24) is 4.57 Å². The number of hydrogen-bond acceptors (Lipinski definition) is 2. The third kappa shape index (κ3) is 3.05. The van der Waals surface area contributed by atoms with E-state index in [9.17, 15) is 4.57 Å². The Balaban J connectivity index is 2.04. The molecule has 90 valence electrons. The summed E-state index contributed by atoms with van der Waals surface area (Å²) in [5.41, 5.74) is 0. The summed E-state index contributed by atoms with van der Waals surface area (Å²) in [7, 11) is -0.250. The predicted octanol–water partition coefficient (Wildman–Crippen LogP) is 1.65. The number of imidazole rings is 1. The fraction of sp³-hybridized carbons (Fsp3) is 0.250. The predicted molar refractivity (Wildman–Crippen MR) is 66.5 cm³/mol. The van der Waals surface area contributed by atoms with Crippen molar-refractivity contribution in [2.45, 2.75) is 13.2 Å². The summed E-state index contributed by atoms with van der Waals surface area (Å²) < 4.78 is 21.3. The van der Waals surface area contributed by atoms with Gasteiger partial charge >= 0.3 is 0 Å². The molecule has 0 spiro atoms. The lowest BCUT2D eigenvalue weighted by molar-refractivity contribution is -0.749. The molecule has 0 saturated carbocycles. The van der Waals surface area contributed by atoms with Crippen LogP contribution < -0.4 is 9.87 Å². The molecule has 0 fully saturated rings. The fourth-order valence-corrected chi connectivity index (χ4v) is 2.57. The van der Waals surface area contributed by atoms with Gasteiger partial charge in [0.05, 0.1) is 7.05 Å². The Bertz CT molecular complexity index is 510. The van der Waals surface area contributed by atoms with Crippen molar-refractivity contribution < 1.29 is 13.7 Å². The normalized spacial score (nSPS) is 14.5. The van der Waals surface area contributed by atoms with E-state index in [4.69, 9.17) is 4.52 Å². The van der Waals surface area contributed by atoms with Gasteiger partial charge in [-0.1, -0.05) is 18.2 Å². The highest BCUT2D eigenvalue weighted by Crippen LogP contribution is 2.25. The lowest BCUT2D eigenvalue weighted by Crippen LogP contribution is -2.36. The Hall–Kier alpha value is -1.38. The zero-order chi connectivity index (χ0) is 12.3. The average Bonchev–Trinajstić information content (AvgIpc) is 2.77. The molecule has 0 amide bonds. The molecule has 0 aliphatic heterocycles. The Kier molecular flexibility index (Phi) is 3.77. The van der Waals surface area contributed by atoms with E-state index in [-0.39, 0.29) is 6.23 Å². The molecule has 0 aliphatic carbocycles. The minimum atomic E-state index is -2.18. The second kappa shape index (κ2) is 5.30. The minimum absolute atomic E-state index is 0.234. The summed E-state index contributed by atoms with van der Waals surface area (Å²) in [6.45, 7) is 1.88. The van der Waals surface area contributed by atoms with Crippen LogP contribution in [0.25, 0.3) is 0 Å². The lowest BCUT2D eigenvalue weighted by atomic mass is 10.4. The quantitative estimate of drug-likeness (QED) is 0.611. The Morgan fingerprint density at radius 2 is 2.06 bits per heavy atom. The second-order valence-corrected chi connectivity index (χ2v) is 5.28. The van der Waals surface area contributed by atoms with Gasteiger partial charge in [0.2, 0.25) is 20.6 Å². The zero-order valence-electron chi connectivity index (χ0n) is 9.91. The molecule has 0 saturated heterocycles. The number of aryl methyl sites for hydroxylation is 1.